The first-order chi connectivity index (χ1) is 27.4. The number of hydrogen-bond donors (Lipinski definition) is 3. The zero-order chi connectivity index (χ0) is 43.0. The number of nitrogens with one attached hydrogen (secondary N) is 2. The van der Waals surface area contributed by atoms with Crippen molar-refractivity contribution in [2.45, 2.75) is 77.2 Å². The maximum Gasteiger partial charge on any atom is 1.00 e. The maximum atomic E-state index is 12.2. The summed E-state index contributed by atoms with van der Waals surface area (Å²) < 4.78 is 51.8. The Balaban J connectivity index is 0. The number of aromatic nitrogens is 3. The Morgan fingerprint density at radius 3 is 1.74 bits per heavy atom. The van der Waals surface area contributed by atoms with Gasteiger partial charge in [0.05, 0.1) is 12.5 Å². The molecule has 61 heavy (non-hydrogen) atoms. The number of aromatic amines is 1. The molecule has 4 N–H and O–H groups in total. The Kier molecular flexibility index (Phi) is 29.5. The molecule has 2 aromatic carbocycles. The Morgan fingerprint density at radius 1 is 0.918 bits per heavy atom. The SMILES string of the molecule is C.C=NC#N.C[C@H]1CN(C2CCNCC2)C(Cc2ccc(Cl)cc2)CN1S(C)(=O)=O.C[C@H]1CN(c2n[nH]c(N)n2)C(Cc2ccc(Cl)cc2)CN1S(C)(=O)=O.O=CO[O-].[H-].[K+].[K+]. The van der Waals surface area contributed by atoms with Crippen molar-refractivity contribution in [3.8, 4) is 6.19 Å². The van der Waals surface area contributed by atoms with Crippen LogP contribution in [-0.2, 0) is 42.6 Å². The zero-order valence-electron chi connectivity index (χ0n) is 35.9. The van der Waals surface area contributed by atoms with Gasteiger partial charge in [0.2, 0.25) is 38.1 Å². The molecule has 0 bridgehead atoms. The molecule has 0 saturated carbocycles. The third-order valence-corrected chi connectivity index (χ3v) is 13.1. The van der Waals surface area contributed by atoms with E-state index in [9.17, 15) is 16.8 Å². The van der Waals surface area contributed by atoms with E-state index in [1.165, 1.54) is 28.6 Å². The minimum Gasteiger partial charge on any atom is -1.00 e. The summed E-state index contributed by atoms with van der Waals surface area (Å²) in [6.07, 6.45) is 7.75. The van der Waals surface area contributed by atoms with Crippen molar-refractivity contribution < 1.29 is 136 Å². The molecule has 2 unspecified atom stereocenters. The summed E-state index contributed by atoms with van der Waals surface area (Å²) in [5.74, 6) is 0.718. The van der Waals surface area contributed by atoms with Gasteiger partial charge < -0.3 is 27.5 Å². The first-order valence-electron chi connectivity index (χ1n) is 18.3. The van der Waals surface area contributed by atoms with Crippen molar-refractivity contribution in [3.05, 3.63) is 69.7 Å². The predicted octanol–water partition coefficient (Wildman–Crippen LogP) is -3.55. The summed E-state index contributed by atoms with van der Waals surface area (Å²) in [6, 6.07) is 15.9. The van der Waals surface area contributed by atoms with E-state index >= 15 is 0 Å². The van der Waals surface area contributed by atoms with Gasteiger partial charge in [0.25, 0.3) is 6.47 Å². The van der Waals surface area contributed by atoms with Crippen LogP contribution in [0.25, 0.3) is 0 Å². The van der Waals surface area contributed by atoms with Gasteiger partial charge in [-0.3, -0.25) is 9.69 Å². The van der Waals surface area contributed by atoms with Crippen LogP contribution in [-0.4, -0.2) is 141 Å². The molecule has 24 heteroatoms. The molecular formula is C37H57Cl2K2N11O7S2. The van der Waals surface area contributed by atoms with E-state index in [1.54, 1.807) is 4.31 Å². The number of benzene rings is 2. The normalized spacial score (nSPS) is 21.0. The Hall–Kier alpha value is -0.637. The number of aliphatic imine (C=N–C) groups is 1. The number of nitrogen functional groups attached to an aromatic ring is 1. The second kappa shape index (κ2) is 29.8. The summed E-state index contributed by atoms with van der Waals surface area (Å²) in [5.41, 5.74) is 7.92. The van der Waals surface area contributed by atoms with Crippen LogP contribution in [0.4, 0.5) is 11.9 Å². The monoisotopic (exact) mass is 979 g/mol. The van der Waals surface area contributed by atoms with E-state index in [1.807, 2.05) is 67.3 Å². The summed E-state index contributed by atoms with van der Waals surface area (Å²) in [5, 5.41) is 27.4. The number of nitriles is 1. The molecule has 18 nitrogen and oxygen atoms in total. The van der Waals surface area contributed by atoms with Crippen LogP contribution in [0.5, 0.6) is 0 Å². The molecule has 0 spiro atoms. The van der Waals surface area contributed by atoms with Crippen LogP contribution in [0.1, 0.15) is 46.7 Å². The zero-order valence-corrected chi connectivity index (χ0v) is 44.3. The maximum absolute atomic E-state index is 12.2. The Bertz CT molecular complexity index is 2020. The van der Waals surface area contributed by atoms with Crippen LogP contribution in [0.3, 0.4) is 0 Å². The first kappa shape index (κ1) is 60.4. The number of carbonyl (C=O) groups is 1. The van der Waals surface area contributed by atoms with Gasteiger partial charge in [0.15, 0.2) is 0 Å². The molecule has 4 atom stereocenters. The number of nitrogens with zero attached hydrogens (tertiary/aromatic N) is 8. The number of rotatable bonds is 9. The minimum atomic E-state index is -3.30. The van der Waals surface area contributed by atoms with Crippen LogP contribution in [0.2, 0.25) is 10.0 Å². The Morgan fingerprint density at radius 2 is 1.34 bits per heavy atom. The Labute approximate surface area is 457 Å². The van der Waals surface area contributed by atoms with Crippen molar-refractivity contribution in [2.75, 3.05) is 62.4 Å². The second-order valence-electron chi connectivity index (χ2n) is 14.1. The van der Waals surface area contributed by atoms with Crippen LogP contribution in [0, 0.1) is 11.5 Å². The van der Waals surface area contributed by atoms with Gasteiger partial charge in [-0.1, -0.05) is 54.9 Å². The quantitative estimate of drug-likeness (QED) is 0.0470. The van der Waals surface area contributed by atoms with Crippen molar-refractivity contribution in [3.63, 3.8) is 0 Å². The summed E-state index contributed by atoms with van der Waals surface area (Å²) in [4.78, 5) is 22.8. The smallest absolute Gasteiger partial charge is 1.00 e. The molecule has 3 aromatic rings. The molecule has 3 aliphatic heterocycles. The standard InChI is InChI=1S/C18H28ClN3O2S.C15H21ClN6O2S.C2H2N2.CH2O3.CH4.2K.H/c1-14-12-21(17-7-9-20-10-8-17)18(13-22(14)25(2,23)24)11-15-3-5-16(19)6-4-15;1-10-8-21(15-18-14(17)19-20-15)13(9-22(10)25(2,23)24)7-11-3-5-12(16)6-4-11;1-4-2-3;2-1-4-3;;;;/h3-6,14,17-18,20H,7-13H2,1-2H3;3-6,10,13H,7-9H2,1-2H3,(H3,17,18,19,20);1H2;1,3H;1H4;;;/q;;;;;2*+1;-1/p-1/t14-,18?;10-,13?;;;;;;/m00....../s1. The van der Waals surface area contributed by atoms with Gasteiger partial charge >= 0.3 is 103 Å². The van der Waals surface area contributed by atoms with Gasteiger partial charge in [-0.15, -0.1) is 5.10 Å². The number of hydrogen-bond acceptors (Lipinski definition) is 15. The van der Waals surface area contributed by atoms with E-state index in [4.69, 9.17) is 44.2 Å². The average molecular weight is 981 g/mol. The summed E-state index contributed by atoms with van der Waals surface area (Å²) in [6.45, 7) is 10.9. The first-order valence-corrected chi connectivity index (χ1v) is 22.8. The molecular weight excluding hydrogens is 924 g/mol. The average Bonchev–Trinajstić information content (AvgIpc) is 3.63. The third kappa shape index (κ3) is 20.2. The number of anilines is 2. The van der Waals surface area contributed by atoms with Crippen LogP contribution >= 0.6 is 23.2 Å². The fourth-order valence-corrected chi connectivity index (χ4v) is 9.92. The number of carbonyl (C=O) groups excluding carboxylic acids is 1. The van der Waals surface area contributed by atoms with E-state index in [0.29, 0.717) is 43.1 Å². The molecule has 6 rings (SSSR count). The molecule has 330 valence electrons. The molecule has 0 amide bonds. The minimum absolute atomic E-state index is 0. The molecule has 3 fully saturated rings. The van der Waals surface area contributed by atoms with E-state index < -0.39 is 20.0 Å². The van der Waals surface area contributed by atoms with Crippen molar-refractivity contribution in [1.82, 2.24) is 34.0 Å². The van der Waals surface area contributed by atoms with Gasteiger partial charge in [-0.25, -0.2) is 21.9 Å². The van der Waals surface area contributed by atoms with Crippen molar-refractivity contribution >= 4 is 68.3 Å². The number of piperidine rings is 1. The van der Waals surface area contributed by atoms with Crippen molar-refractivity contribution in [2.24, 2.45) is 4.99 Å². The predicted molar refractivity (Wildman–Crippen MR) is 231 cm³/mol. The van der Waals surface area contributed by atoms with Crippen LogP contribution in [0.15, 0.2) is 53.5 Å². The van der Waals surface area contributed by atoms with Gasteiger partial charge in [0, 0.05) is 73.2 Å². The summed E-state index contributed by atoms with van der Waals surface area (Å²) in [7, 11) is -6.48. The molecule has 3 saturated heterocycles. The van der Waals surface area contributed by atoms with Gasteiger partial charge in [-0.05, 0) is 88.0 Å². The van der Waals surface area contributed by atoms with E-state index in [2.05, 4.69) is 42.0 Å². The fourth-order valence-electron chi connectivity index (χ4n) is 7.34. The van der Waals surface area contributed by atoms with Crippen molar-refractivity contribution in [1.29, 1.82) is 5.26 Å². The molecule has 3 aliphatic rings. The van der Waals surface area contributed by atoms with E-state index in [-0.39, 0.29) is 148 Å². The summed E-state index contributed by atoms with van der Waals surface area (Å²) >= 11 is 11.9. The topological polar surface area (TPSA) is 246 Å². The number of piperazine rings is 2. The van der Waals surface area contributed by atoms with Gasteiger partial charge in [-0.2, -0.15) is 23.8 Å². The van der Waals surface area contributed by atoms with Gasteiger partial charge in [0.1, 0.15) is 0 Å². The number of sulfonamides is 2. The molecule has 4 heterocycles. The molecule has 0 radical (unpaired) electrons. The second-order valence-corrected chi connectivity index (χ2v) is 18.9. The largest absolute Gasteiger partial charge is 1.00 e. The number of halogens is 2. The fraction of sp³-hybridized carbons (Fsp3) is 0.541. The number of H-pyrrole nitrogens is 1. The number of nitrogens with two attached hydrogens (primary N) is 1. The molecule has 1 aromatic heterocycles. The third-order valence-electron chi connectivity index (χ3n) is 9.87. The molecule has 0 aliphatic carbocycles. The van der Waals surface area contributed by atoms with E-state index in [0.717, 1.165) is 49.5 Å². The van der Waals surface area contributed by atoms with Crippen LogP contribution < -0.4 is 124 Å².